The second-order valence-corrected chi connectivity index (χ2v) is 10.3. The number of rotatable bonds is 4. The lowest BCUT2D eigenvalue weighted by Gasteiger charge is -2.26. The molecule has 0 bridgehead atoms. The Labute approximate surface area is 194 Å². The molecule has 1 aliphatic rings. The van der Waals surface area contributed by atoms with E-state index in [9.17, 15) is 18.6 Å². The van der Waals surface area contributed by atoms with E-state index in [0.29, 0.717) is 24.3 Å². The Balaban J connectivity index is 1.53. The molecular formula is C27H26O5S. The lowest BCUT2D eigenvalue weighted by atomic mass is 9.85. The van der Waals surface area contributed by atoms with E-state index in [4.69, 9.17) is 4.74 Å². The molecule has 1 fully saturated rings. The van der Waals surface area contributed by atoms with Gasteiger partial charge in [0, 0.05) is 11.1 Å². The molecule has 3 aromatic rings. The maximum absolute atomic E-state index is 12.8. The number of sulfone groups is 1. The van der Waals surface area contributed by atoms with Gasteiger partial charge in [-0.25, -0.2) is 8.42 Å². The number of phenolic OH excluding ortho intramolecular Hbond substituents is 1. The number of hydrogen-bond donors (Lipinski definition) is 2. The summed E-state index contributed by atoms with van der Waals surface area (Å²) < 4.78 is 31.6. The van der Waals surface area contributed by atoms with Crippen LogP contribution < -0.4 is 4.74 Å². The summed E-state index contributed by atoms with van der Waals surface area (Å²) in [6, 6.07) is 17.2. The van der Waals surface area contributed by atoms with Crippen LogP contribution in [-0.2, 0) is 9.84 Å². The Hall–Kier alpha value is -3.27. The number of ether oxygens (including phenoxy) is 1. The van der Waals surface area contributed by atoms with Gasteiger partial charge in [-0.15, -0.1) is 0 Å². The predicted molar refractivity (Wildman–Crippen MR) is 126 cm³/mol. The smallest absolute Gasteiger partial charge is 0.206 e. The van der Waals surface area contributed by atoms with Crippen molar-refractivity contribution in [2.45, 2.75) is 54.4 Å². The number of hydrogen-bond acceptors (Lipinski definition) is 5. The minimum Gasteiger partial charge on any atom is -0.508 e. The van der Waals surface area contributed by atoms with Crippen molar-refractivity contribution < 1.29 is 23.4 Å². The Bertz CT molecular complexity index is 1290. The first-order chi connectivity index (χ1) is 15.8. The van der Waals surface area contributed by atoms with Crippen LogP contribution >= 0.6 is 0 Å². The van der Waals surface area contributed by atoms with Crippen molar-refractivity contribution in [3.63, 3.8) is 0 Å². The maximum Gasteiger partial charge on any atom is 0.206 e. The normalized spacial score (nSPS) is 15.3. The minimum absolute atomic E-state index is 0.00730. The topological polar surface area (TPSA) is 83.8 Å². The number of benzene rings is 3. The molecule has 5 nitrogen and oxygen atoms in total. The Morgan fingerprint density at radius 2 is 1.48 bits per heavy atom. The quantitative estimate of drug-likeness (QED) is 0.509. The summed E-state index contributed by atoms with van der Waals surface area (Å²) in [5.74, 6) is 7.30. The van der Waals surface area contributed by atoms with Gasteiger partial charge in [-0.2, -0.15) is 0 Å². The molecule has 0 atom stereocenters. The molecule has 0 spiro atoms. The van der Waals surface area contributed by atoms with Gasteiger partial charge in [0.05, 0.1) is 9.79 Å². The highest BCUT2D eigenvalue weighted by Crippen LogP contribution is 2.30. The van der Waals surface area contributed by atoms with Crippen LogP contribution in [0.25, 0.3) is 0 Å². The summed E-state index contributed by atoms with van der Waals surface area (Å²) in [6.45, 7) is 1.91. The summed E-state index contributed by atoms with van der Waals surface area (Å²) in [5, 5.41) is 20.0. The van der Waals surface area contributed by atoms with Crippen LogP contribution in [-0.4, -0.2) is 24.2 Å². The van der Waals surface area contributed by atoms with E-state index in [0.717, 1.165) is 30.4 Å². The molecule has 0 heterocycles. The minimum atomic E-state index is -3.69. The van der Waals surface area contributed by atoms with Crippen LogP contribution in [0.2, 0.25) is 0 Å². The lowest BCUT2D eigenvalue weighted by Crippen LogP contribution is -2.29. The van der Waals surface area contributed by atoms with Crippen LogP contribution in [0.4, 0.5) is 0 Å². The molecule has 0 aromatic heterocycles. The Kier molecular flexibility index (Phi) is 6.46. The van der Waals surface area contributed by atoms with Gasteiger partial charge in [-0.3, -0.25) is 0 Å². The number of phenols is 1. The van der Waals surface area contributed by atoms with E-state index in [-0.39, 0.29) is 15.5 Å². The van der Waals surface area contributed by atoms with Gasteiger partial charge in [0.1, 0.15) is 22.8 Å². The zero-order chi connectivity index (χ0) is 23.5. The van der Waals surface area contributed by atoms with Gasteiger partial charge in [0.2, 0.25) is 9.84 Å². The van der Waals surface area contributed by atoms with E-state index in [1.807, 2.05) is 25.1 Å². The molecule has 0 unspecified atom stereocenters. The molecule has 0 amide bonds. The molecule has 1 aliphatic carbocycles. The molecule has 4 rings (SSSR count). The van der Waals surface area contributed by atoms with Gasteiger partial charge in [0.15, 0.2) is 0 Å². The molecule has 170 valence electrons. The van der Waals surface area contributed by atoms with Crippen molar-refractivity contribution in [3.8, 4) is 29.1 Å². The average Bonchev–Trinajstić information content (AvgIpc) is 2.81. The molecular weight excluding hydrogens is 436 g/mol. The molecule has 2 N–H and O–H groups in total. The van der Waals surface area contributed by atoms with Crippen molar-refractivity contribution in [1.82, 2.24) is 0 Å². The summed E-state index contributed by atoms with van der Waals surface area (Å²) in [4.78, 5) is 0.244. The maximum atomic E-state index is 12.8. The second-order valence-electron chi connectivity index (χ2n) is 8.34. The zero-order valence-electron chi connectivity index (χ0n) is 18.4. The number of aromatic hydroxyl groups is 1. The molecule has 3 aromatic carbocycles. The third-order valence-corrected chi connectivity index (χ3v) is 7.69. The van der Waals surface area contributed by atoms with Crippen LogP contribution in [0.15, 0.2) is 76.5 Å². The van der Waals surface area contributed by atoms with Gasteiger partial charge >= 0.3 is 0 Å². The SMILES string of the molecule is Cc1c(C#CC2(O)CCCCC2)cccc1Oc1ccc(S(=O)(=O)c2ccc(O)cc2)cc1. The van der Waals surface area contributed by atoms with Crippen LogP contribution in [0.1, 0.15) is 43.2 Å². The fourth-order valence-corrected chi connectivity index (χ4v) is 5.14. The average molecular weight is 463 g/mol. The van der Waals surface area contributed by atoms with Gasteiger partial charge in [0.25, 0.3) is 0 Å². The fourth-order valence-electron chi connectivity index (χ4n) is 3.88. The van der Waals surface area contributed by atoms with Gasteiger partial charge in [-0.05, 0) is 93.3 Å². The molecule has 0 aliphatic heterocycles. The van der Waals surface area contributed by atoms with Crippen LogP contribution in [0.5, 0.6) is 17.2 Å². The predicted octanol–water partition coefficient (Wildman–Crippen LogP) is 5.37. The van der Waals surface area contributed by atoms with E-state index in [2.05, 4.69) is 11.8 Å². The van der Waals surface area contributed by atoms with Crippen molar-refractivity contribution in [3.05, 3.63) is 77.9 Å². The largest absolute Gasteiger partial charge is 0.508 e. The molecule has 1 saturated carbocycles. The van der Waals surface area contributed by atoms with E-state index in [1.54, 1.807) is 12.1 Å². The molecule has 6 heteroatoms. The fraction of sp³-hybridized carbons (Fsp3) is 0.259. The summed E-state index contributed by atoms with van der Waals surface area (Å²) in [6.07, 6.45) is 4.53. The lowest BCUT2D eigenvalue weighted by molar-refractivity contribution is 0.0610. The summed E-state index contributed by atoms with van der Waals surface area (Å²) >= 11 is 0. The first kappa shape index (κ1) is 22.9. The Morgan fingerprint density at radius 1 is 0.879 bits per heavy atom. The van der Waals surface area contributed by atoms with E-state index >= 15 is 0 Å². The standard InChI is InChI=1S/C27H26O5S/c1-20-21(16-19-27(29)17-3-2-4-18-27)6-5-7-26(20)32-23-10-14-25(15-11-23)33(30,31)24-12-8-22(28)9-13-24/h5-15,28-29H,2-4,17-18H2,1H3. The second kappa shape index (κ2) is 9.30. The molecule has 0 radical (unpaired) electrons. The van der Waals surface area contributed by atoms with Crippen molar-refractivity contribution in [2.75, 3.05) is 0 Å². The van der Waals surface area contributed by atoms with Crippen molar-refractivity contribution >= 4 is 9.84 Å². The van der Waals surface area contributed by atoms with Gasteiger partial charge < -0.3 is 14.9 Å². The molecule has 0 saturated heterocycles. The molecule has 33 heavy (non-hydrogen) atoms. The monoisotopic (exact) mass is 462 g/mol. The highest BCUT2D eigenvalue weighted by Gasteiger charge is 2.26. The number of aliphatic hydroxyl groups is 1. The highest BCUT2D eigenvalue weighted by atomic mass is 32.2. The van der Waals surface area contributed by atoms with E-state index in [1.165, 1.54) is 36.4 Å². The first-order valence-electron chi connectivity index (χ1n) is 10.9. The first-order valence-corrected chi connectivity index (χ1v) is 12.4. The van der Waals surface area contributed by atoms with Crippen molar-refractivity contribution in [2.24, 2.45) is 0 Å². The highest BCUT2D eigenvalue weighted by molar-refractivity contribution is 7.91. The van der Waals surface area contributed by atoms with Crippen LogP contribution in [0.3, 0.4) is 0 Å². The third kappa shape index (κ3) is 5.22. The summed E-state index contributed by atoms with van der Waals surface area (Å²) in [5.41, 5.74) is 0.726. The Morgan fingerprint density at radius 3 is 2.12 bits per heavy atom. The summed E-state index contributed by atoms with van der Waals surface area (Å²) in [7, 11) is -3.69. The van der Waals surface area contributed by atoms with E-state index < -0.39 is 15.4 Å². The van der Waals surface area contributed by atoms with Crippen LogP contribution in [0, 0.1) is 18.8 Å². The van der Waals surface area contributed by atoms with Gasteiger partial charge in [-0.1, -0.05) is 24.3 Å². The third-order valence-electron chi connectivity index (χ3n) is 5.90. The van der Waals surface area contributed by atoms with Crippen molar-refractivity contribution in [1.29, 1.82) is 0 Å². The zero-order valence-corrected chi connectivity index (χ0v) is 19.2.